The van der Waals surface area contributed by atoms with E-state index >= 15 is 0 Å². The van der Waals surface area contributed by atoms with E-state index in [9.17, 15) is 19.8 Å². The van der Waals surface area contributed by atoms with Crippen LogP contribution in [-0.4, -0.2) is 34.4 Å². The number of hydrogen-bond acceptors (Lipinski definition) is 5. The molecule has 0 spiro atoms. The number of benzene rings is 1. The molecule has 1 aromatic carbocycles. The topological polar surface area (TPSA) is 87.1 Å². The van der Waals surface area contributed by atoms with E-state index in [1.54, 1.807) is 4.90 Å². The second kappa shape index (κ2) is 9.40. The quantitative estimate of drug-likeness (QED) is 0.592. The van der Waals surface area contributed by atoms with E-state index < -0.39 is 12.3 Å². The van der Waals surface area contributed by atoms with Crippen molar-refractivity contribution in [3.05, 3.63) is 36.4 Å². The second-order valence-electron chi connectivity index (χ2n) is 8.80. The molecule has 2 fully saturated rings. The van der Waals surface area contributed by atoms with Crippen LogP contribution in [0.2, 0.25) is 0 Å². The third-order valence-corrected chi connectivity index (χ3v) is 7.57. The van der Waals surface area contributed by atoms with Gasteiger partial charge < -0.3 is 19.8 Å². The summed E-state index contributed by atoms with van der Waals surface area (Å²) < 4.78 is 5.15. The minimum absolute atomic E-state index is 0.0265. The Morgan fingerprint density at radius 2 is 1.77 bits per heavy atom. The van der Waals surface area contributed by atoms with Crippen LogP contribution in [0.3, 0.4) is 0 Å². The molecule has 0 radical (unpaired) electrons. The molecule has 2 aromatic rings. The van der Waals surface area contributed by atoms with Crippen LogP contribution >= 0.6 is 11.3 Å². The van der Waals surface area contributed by atoms with Crippen LogP contribution in [0, 0.1) is 11.8 Å². The van der Waals surface area contributed by atoms with E-state index in [4.69, 9.17) is 4.74 Å². The smallest absolute Gasteiger partial charge is 0.449 e. The maximum Gasteiger partial charge on any atom is 0.512 e. The number of aliphatic hydroxyl groups is 1. The van der Waals surface area contributed by atoms with Gasteiger partial charge in [-0.25, -0.2) is 4.79 Å². The fraction of sp³-hybridized carbons (Fsp3) is 0.500. The molecule has 166 valence electrons. The standard InChI is InChI=1S/C24H29NO5S/c1-15-7-9-17(10-8-15)22(27)25(18-11-12-19(26)13-18)20-14-21(16-5-3-2-4-6-16)31-23(20)30-24(28)29/h2-6,14-15,17-19,26H,7-13H2,1H3,(H,28,29). The van der Waals surface area contributed by atoms with Crippen molar-refractivity contribution in [2.75, 3.05) is 4.90 Å². The number of amides is 1. The highest BCUT2D eigenvalue weighted by Crippen LogP contribution is 2.46. The van der Waals surface area contributed by atoms with Crippen LogP contribution in [0.5, 0.6) is 5.06 Å². The van der Waals surface area contributed by atoms with Crippen molar-refractivity contribution in [2.24, 2.45) is 11.8 Å². The Balaban J connectivity index is 1.73. The lowest BCUT2D eigenvalue weighted by molar-refractivity contribution is -0.124. The fourth-order valence-electron chi connectivity index (χ4n) is 4.80. The van der Waals surface area contributed by atoms with E-state index in [1.807, 2.05) is 36.4 Å². The van der Waals surface area contributed by atoms with Gasteiger partial charge in [0.05, 0.1) is 11.8 Å². The number of hydrogen-bond donors (Lipinski definition) is 2. The average Bonchev–Trinajstić information content (AvgIpc) is 3.36. The van der Waals surface area contributed by atoms with Crippen molar-refractivity contribution in [3.63, 3.8) is 0 Å². The number of nitrogens with zero attached hydrogens (tertiary/aromatic N) is 1. The van der Waals surface area contributed by atoms with E-state index in [0.717, 1.165) is 36.1 Å². The van der Waals surface area contributed by atoms with E-state index in [2.05, 4.69) is 6.92 Å². The Morgan fingerprint density at radius 3 is 2.39 bits per heavy atom. The summed E-state index contributed by atoms with van der Waals surface area (Å²) in [5.74, 6) is 0.577. The maximum atomic E-state index is 13.7. The van der Waals surface area contributed by atoms with Crippen LogP contribution in [0.4, 0.5) is 10.5 Å². The summed E-state index contributed by atoms with van der Waals surface area (Å²) in [5, 5.41) is 19.7. The molecule has 7 heteroatoms. The molecule has 2 aliphatic rings. The van der Waals surface area contributed by atoms with Gasteiger partial charge in [0, 0.05) is 16.8 Å². The molecule has 4 rings (SSSR count). The number of thiophene rings is 1. The van der Waals surface area contributed by atoms with Gasteiger partial charge in [0.2, 0.25) is 11.0 Å². The van der Waals surface area contributed by atoms with Gasteiger partial charge in [-0.1, -0.05) is 48.6 Å². The zero-order valence-corrected chi connectivity index (χ0v) is 18.5. The Kier molecular flexibility index (Phi) is 6.62. The molecule has 1 heterocycles. The third-order valence-electron chi connectivity index (χ3n) is 6.52. The van der Waals surface area contributed by atoms with Gasteiger partial charge in [0.25, 0.3) is 0 Å². The van der Waals surface area contributed by atoms with Crippen molar-refractivity contribution >= 4 is 29.1 Å². The zero-order valence-electron chi connectivity index (χ0n) is 17.7. The molecule has 1 amide bonds. The van der Waals surface area contributed by atoms with Crippen LogP contribution < -0.4 is 9.64 Å². The van der Waals surface area contributed by atoms with Gasteiger partial charge in [0.15, 0.2) is 0 Å². The summed E-state index contributed by atoms with van der Waals surface area (Å²) >= 11 is 1.23. The number of ether oxygens (including phenoxy) is 1. The zero-order chi connectivity index (χ0) is 22.0. The molecule has 2 N–H and O–H groups in total. The average molecular weight is 444 g/mol. The van der Waals surface area contributed by atoms with E-state index in [-0.39, 0.29) is 22.9 Å². The number of carbonyl (C=O) groups is 2. The Bertz CT molecular complexity index is 919. The Morgan fingerprint density at radius 1 is 1.06 bits per heavy atom. The third kappa shape index (κ3) is 4.93. The first-order valence-electron chi connectivity index (χ1n) is 11.0. The number of aliphatic hydroxyl groups excluding tert-OH is 1. The highest BCUT2D eigenvalue weighted by molar-refractivity contribution is 7.18. The molecule has 6 nitrogen and oxygen atoms in total. The van der Waals surface area contributed by atoms with Crippen molar-refractivity contribution in [3.8, 4) is 15.5 Å². The molecule has 2 saturated carbocycles. The molecule has 31 heavy (non-hydrogen) atoms. The van der Waals surface area contributed by atoms with Crippen molar-refractivity contribution < 1.29 is 24.5 Å². The van der Waals surface area contributed by atoms with Gasteiger partial charge in [-0.2, -0.15) is 0 Å². The summed E-state index contributed by atoms with van der Waals surface area (Å²) in [7, 11) is 0. The lowest BCUT2D eigenvalue weighted by Gasteiger charge is -2.34. The molecule has 0 saturated heterocycles. The predicted molar refractivity (Wildman–Crippen MR) is 121 cm³/mol. The summed E-state index contributed by atoms with van der Waals surface area (Å²) in [5.41, 5.74) is 1.45. The lowest BCUT2D eigenvalue weighted by Crippen LogP contribution is -2.44. The second-order valence-corrected chi connectivity index (χ2v) is 9.82. The van der Waals surface area contributed by atoms with Gasteiger partial charge in [-0.15, -0.1) is 0 Å². The van der Waals surface area contributed by atoms with Crippen molar-refractivity contribution in [1.29, 1.82) is 0 Å². The summed E-state index contributed by atoms with van der Waals surface area (Å²) in [4.78, 5) is 27.7. The lowest BCUT2D eigenvalue weighted by atomic mass is 9.82. The van der Waals surface area contributed by atoms with Crippen LogP contribution in [0.1, 0.15) is 51.9 Å². The van der Waals surface area contributed by atoms with E-state index in [0.29, 0.717) is 30.9 Å². The van der Waals surface area contributed by atoms with Gasteiger partial charge in [-0.3, -0.25) is 4.79 Å². The van der Waals surface area contributed by atoms with Crippen LogP contribution in [-0.2, 0) is 4.79 Å². The largest absolute Gasteiger partial charge is 0.512 e. The van der Waals surface area contributed by atoms with E-state index in [1.165, 1.54) is 11.3 Å². The van der Waals surface area contributed by atoms with Crippen LogP contribution in [0.25, 0.3) is 10.4 Å². The van der Waals surface area contributed by atoms with Gasteiger partial charge in [-0.05, 0) is 62.5 Å². The van der Waals surface area contributed by atoms with Crippen molar-refractivity contribution in [1.82, 2.24) is 0 Å². The molecule has 1 aromatic heterocycles. The minimum atomic E-state index is -1.40. The molecular weight excluding hydrogens is 414 g/mol. The number of rotatable bonds is 5. The first kappa shape index (κ1) is 21.8. The summed E-state index contributed by atoms with van der Waals surface area (Å²) in [6, 6.07) is 11.4. The SMILES string of the molecule is CC1CCC(C(=O)N(c2cc(-c3ccccc3)sc2OC(=O)O)C2CCC(O)C2)CC1. The molecule has 2 aliphatic carbocycles. The number of anilines is 1. The summed E-state index contributed by atoms with van der Waals surface area (Å²) in [6.45, 7) is 2.22. The summed E-state index contributed by atoms with van der Waals surface area (Å²) in [6.07, 6.45) is 3.73. The molecule has 0 bridgehead atoms. The highest BCUT2D eigenvalue weighted by atomic mass is 32.1. The molecule has 2 atom stereocenters. The van der Waals surface area contributed by atoms with Crippen molar-refractivity contribution in [2.45, 2.75) is 64.0 Å². The minimum Gasteiger partial charge on any atom is -0.449 e. The molecule has 2 unspecified atom stereocenters. The first-order valence-corrected chi connectivity index (χ1v) is 11.8. The van der Waals surface area contributed by atoms with Gasteiger partial charge >= 0.3 is 6.16 Å². The fourth-order valence-corrected chi connectivity index (χ4v) is 5.80. The maximum absolute atomic E-state index is 13.7. The predicted octanol–water partition coefficient (Wildman–Crippen LogP) is 5.54. The first-order chi connectivity index (χ1) is 14.9. The van der Waals surface area contributed by atoms with Gasteiger partial charge in [0.1, 0.15) is 0 Å². The number of carbonyl (C=O) groups excluding carboxylic acids is 1. The highest BCUT2D eigenvalue weighted by Gasteiger charge is 2.38. The Labute approximate surface area is 186 Å². The molecular formula is C24H29NO5S. The van der Waals surface area contributed by atoms with Crippen LogP contribution in [0.15, 0.2) is 36.4 Å². The normalized spacial score (nSPS) is 25.9. The number of carboxylic acid groups (broad SMARTS) is 1. The Hall–Kier alpha value is -2.38. The monoisotopic (exact) mass is 443 g/mol. The molecule has 0 aliphatic heterocycles.